The third kappa shape index (κ3) is 4.88. The zero-order valence-electron chi connectivity index (χ0n) is 23.3. The van der Waals surface area contributed by atoms with Crippen LogP contribution in [0.1, 0.15) is 84.3 Å². The molecule has 1 amide bonds. The number of anilines is 1. The van der Waals surface area contributed by atoms with E-state index in [1.807, 2.05) is 47.6 Å². The van der Waals surface area contributed by atoms with Crippen LogP contribution in [0.25, 0.3) is 0 Å². The number of benzene rings is 1. The highest BCUT2D eigenvalue weighted by Crippen LogP contribution is 2.33. The van der Waals surface area contributed by atoms with E-state index in [1.165, 1.54) is 4.90 Å². The first kappa shape index (κ1) is 13.8. The minimum Gasteiger partial charge on any atom is -0.326 e. The maximum absolute atomic E-state index is 12.1. The van der Waals surface area contributed by atoms with Gasteiger partial charge in [-0.25, -0.2) is 0 Å². The van der Waals surface area contributed by atoms with Crippen LogP contribution in [-0.2, 0) is 17.6 Å². The summed E-state index contributed by atoms with van der Waals surface area (Å²) in [7, 11) is 0. The van der Waals surface area contributed by atoms with Gasteiger partial charge in [-0.15, -0.1) is 0 Å². The summed E-state index contributed by atoms with van der Waals surface area (Å²) in [6.07, 6.45) is -3.73. The topological polar surface area (TPSA) is 32.3 Å². The van der Waals surface area contributed by atoms with Crippen LogP contribution in [0.2, 0.25) is 0 Å². The Bertz CT molecular complexity index is 863. The fraction of sp³-hybridized carbons (Fsp3) is 0.696. The first-order chi connectivity index (χ1) is 14.4. The minimum absolute atomic E-state index is 0.0604. The Morgan fingerprint density at radius 3 is 2.54 bits per heavy atom. The summed E-state index contributed by atoms with van der Waals surface area (Å²) >= 11 is 0. The van der Waals surface area contributed by atoms with Gasteiger partial charge in [0.25, 0.3) is 0 Å². The van der Waals surface area contributed by atoms with E-state index >= 15 is 0 Å². The maximum Gasteiger partial charge on any atom is 0.228 e. The van der Waals surface area contributed by atoms with Gasteiger partial charge in [0.15, 0.2) is 0 Å². The summed E-state index contributed by atoms with van der Waals surface area (Å²) in [5, 5.41) is 2.90. The van der Waals surface area contributed by atoms with E-state index in [4.69, 9.17) is 8.22 Å². The number of fused-ring (bicyclic) bond motifs is 1. The molecule has 0 spiro atoms. The van der Waals surface area contributed by atoms with Crippen LogP contribution in [-0.4, -0.2) is 29.4 Å². The summed E-state index contributed by atoms with van der Waals surface area (Å²) in [5.41, 5.74) is 4.81. The van der Waals surface area contributed by atoms with Gasteiger partial charge in [-0.3, -0.25) is 9.69 Å². The molecule has 0 bridgehead atoms. The van der Waals surface area contributed by atoms with Crippen molar-refractivity contribution in [2.45, 2.75) is 92.6 Å². The lowest BCUT2D eigenvalue weighted by molar-refractivity contribution is -0.115. The monoisotopic (exact) mass is 364 g/mol. The van der Waals surface area contributed by atoms with Crippen molar-refractivity contribution in [1.82, 2.24) is 4.90 Å². The molecule has 26 heavy (non-hydrogen) atoms. The molecular weight excluding hydrogens is 320 g/mol. The highest BCUT2D eigenvalue weighted by Gasteiger charge is 2.27. The lowest BCUT2D eigenvalue weighted by atomic mass is 9.90. The molecule has 0 saturated heterocycles. The molecule has 1 aliphatic heterocycles. The average Bonchev–Trinajstić information content (AvgIpc) is 2.96. The van der Waals surface area contributed by atoms with E-state index in [9.17, 15) is 4.79 Å². The Morgan fingerprint density at radius 2 is 1.92 bits per heavy atom. The number of nitrogens with zero attached hydrogens (tertiary/aromatic N) is 1. The Balaban J connectivity index is 2.54. The standard InChI is InChI=1S/C23H38N2O/c1-8-9-10-25(17(5)11-15(2)3)18(6)13-20-19(7)16(4)12-22-21(20)14-23(26)24-22/h12,15,17-18H,8-11,13-14H2,1-7H3,(H,24,26)/i8D2,9D2,10D2. The molecule has 0 fully saturated rings. The van der Waals surface area contributed by atoms with Gasteiger partial charge in [0.05, 0.1) is 6.42 Å². The molecule has 3 nitrogen and oxygen atoms in total. The first-order valence-electron chi connectivity index (χ1n) is 12.6. The van der Waals surface area contributed by atoms with Crippen LogP contribution in [0.3, 0.4) is 0 Å². The third-order valence-corrected chi connectivity index (χ3v) is 5.28. The van der Waals surface area contributed by atoms with E-state index in [-0.39, 0.29) is 24.3 Å². The summed E-state index contributed by atoms with van der Waals surface area (Å²) in [5.74, 6) is 0.210. The van der Waals surface area contributed by atoms with E-state index < -0.39 is 25.3 Å². The van der Waals surface area contributed by atoms with Gasteiger partial charge in [0, 0.05) is 26.0 Å². The van der Waals surface area contributed by atoms with Gasteiger partial charge in [0.1, 0.15) is 0 Å². The van der Waals surface area contributed by atoms with Crippen molar-refractivity contribution in [2.24, 2.45) is 5.92 Å². The second-order valence-corrected chi connectivity index (χ2v) is 7.97. The molecule has 146 valence electrons. The molecule has 0 radical (unpaired) electrons. The van der Waals surface area contributed by atoms with Gasteiger partial charge in [-0.1, -0.05) is 27.1 Å². The van der Waals surface area contributed by atoms with Gasteiger partial charge >= 0.3 is 0 Å². The van der Waals surface area contributed by atoms with Crippen molar-refractivity contribution in [3.05, 3.63) is 28.3 Å². The van der Waals surface area contributed by atoms with Crippen LogP contribution >= 0.6 is 0 Å². The van der Waals surface area contributed by atoms with Crippen LogP contribution in [0, 0.1) is 19.8 Å². The molecule has 2 atom stereocenters. The highest BCUT2D eigenvalue weighted by atomic mass is 16.1. The normalized spacial score (nSPS) is 21.2. The fourth-order valence-corrected chi connectivity index (χ4v) is 3.95. The van der Waals surface area contributed by atoms with E-state index in [0.717, 1.165) is 34.9 Å². The van der Waals surface area contributed by atoms with Crippen molar-refractivity contribution in [2.75, 3.05) is 11.8 Å². The van der Waals surface area contributed by atoms with Crippen molar-refractivity contribution >= 4 is 11.6 Å². The largest absolute Gasteiger partial charge is 0.326 e. The summed E-state index contributed by atoms with van der Waals surface area (Å²) in [6.45, 7) is 10.4. The highest BCUT2D eigenvalue weighted by molar-refractivity contribution is 6.00. The van der Waals surface area contributed by atoms with E-state index in [2.05, 4.69) is 5.32 Å². The second-order valence-electron chi connectivity index (χ2n) is 7.97. The zero-order valence-corrected chi connectivity index (χ0v) is 17.3. The Hall–Kier alpha value is -1.35. The molecule has 2 rings (SSSR count). The van der Waals surface area contributed by atoms with Gasteiger partial charge < -0.3 is 5.32 Å². The van der Waals surface area contributed by atoms with Gasteiger partial charge in [-0.05, 0) is 87.6 Å². The molecule has 0 aromatic heterocycles. The first-order valence-corrected chi connectivity index (χ1v) is 9.62. The molecule has 1 heterocycles. The molecular formula is C23H38N2O. The number of amides is 1. The number of nitrogens with one attached hydrogen (secondary N) is 1. The maximum atomic E-state index is 12.1. The number of hydrogen-bond donors (Lipinski definition) is 1. The predicted molar refractivity (Wildman–Crippen MR) is 112 cm³/mol. The summed E-state index contributed by atoms with van der Waals surface area (Å²) in [4.78, 5) is 13.6. The molecule has 0 aliphatic carbocycles. The number of aryl methyl sites for hydroxylation is 1. The van der Waals surface area contributed by atoms with Crippen LogP contribution in [0.5, 0.6) is 0 Å². The molecule has 2 unspecified atom stereocenters. The third-order valence-electron chi connectivity index (χ3n) is 5.28. The lowest BCUT2D eigenvalue weighted by Gasteiger charge is -2.36. The Labute approximate surface area is 169 Å². The molecule has 1 aliphatic rings. The van der Waals surface area contributed by atoms with Crippen LogP contribution < -0.4 is 5.32 Å². The van der Waals surface area contributed by atoms with Crippen molar-refractivity contribution < 1.29 is 13.0 Å². The molecule has 1 aromatic carbocycles. The fourth-order valence-electron chi connectivity index (χ4n) is 3.95. The number of hydrogen-bond acceptors (Lipinski definition) is 2. The number of rotatable bonds is 9. The lowest BCUT2D eigenvalue weighted by Crippen LogP contribution is -2.42. The summed E-state index contributed by atoms with van der Waals surface area (Å²) in [6, 6.07) is 1.23. The zero-order chi connectivity index (χ0) is 24.8. The van der Waals surface area contributed by atoms with E-state index in [1.54, 1.807) is 0 Å². The molecule has 1 aromatic rings. The summed E-state index contributed by atoms with van der Waals surface area (Å²) < 4.78 is 50.4. The molecule has 3 heteroatoms. The van der Waals surface area contributed by atoms with Crippen molar-refractivity contribution in [3.63, 3.8) is 0 Å². The quantitative estimate of drug-likeness (QED) is 0.648. The average molecular weight is 365 g/mol. The van der Waals surface area contributed by atoms with Gasteiger partial charge in [-0.2, -0.15) is 0 Å². The Kier molecular flexibility index (Phi) is 4.78. The Morgan fingerprint density at radius 1 is 1.23 bits per heavy atom. The van der Waals surface area contributed by atoms with Crippen LogP contribution in [0.15, 0.2) is 6.07 Å². The van der Waals surface area contributed by atoms with E-state index in [0.29, 0.717) is 12.8 Å². The predicted octanol–water partition coefficient (Wildman–Crippen LogP) is 5.27. The molecule has 1 N–H and O–H groups in total. The van der Waals surface area contributed by atoms with Crippen LogP contribution in [0.4, 0.5) is 5.69 Å². The minimum atomic E-state index is -2.74. The molecule has 0 saturated carbocycles. The smallest absolute Gasteiger partial charge is 0.228 e. The van der Waals surface area contributed by atoms with Gasteiger partial charge in [0.2, 0.25) is 5.91 Å². The van der Waals surface area contributed by atoms with Crippen molar-refractivity contribution in [3.8, 4) is 0 Å². The number of carbonyl (C=O) groups excluding carboxylic acids is 1. The second kappa shape index (κ2) is 9.03. The van der Waals surface area contributed by atoms with Crippen molar-refractivity contribution in [1.29, 1.82) is 0 Å². The SMILES string of the molecule is [2H]C([2H])(C)C([2H])([2H])C([2H])([2H])N(C(C)Cc1c(C)c(C)cc2c1CC(=O)N2)C(C)CC(C)C. The number of carbonyl (C=O) groups is 1.